The standard InChI is InChI=1S/C7H12F3NO/c1-5-3-11-4-6(2,12-5)7(8,9)10/h5,11H,3-4H2,1-2H3/t5-,6+/m0/s1. The summed E-state index contributed by atoms with van der Waals surface area (Å²) in [6.45, 7) is 3.00. The number of hydrogen-bond acceptors (Lipinski definition) is 2. The zero-order chi connectivity index (χ0) is 9.41. The average Bonchev–Trinajstić information content (AvgIpc) is 1.83. The molecule has 1 aliphatic rings. The molecule has 0 aromatic rings. The van der Waals surface area contributed by atoms with E-state index in [9.17, 15) is 13.2 Å². The zero-order valence-corrected chi connectivity index (χ0v) is 7.03. The first kappa shape index (κ1) is 9.80. The molecular formula is C7H12F3NO. The van der Waals surface area contributed by atoms with Gasteiger partial charge < -0.3 is 10.1 Å². The highest BCUT2D eigenvalue weighted by Gasteiger charge is 2.54. The van der Waals surface area contributed by atoms with Gasteiger partial charge in [-0.05, 0) is 13.8 Å². The van der Waals surface area contributed by atoms with Crippen LogP contribution >= 0.6 is 0 Å². The fraction of sp³-hybridized carbons (Fsp3) is 1.00. The first-order chi connectivity index (χ1) is 5.35. The van der Waals surface area contributed by atoms with Gasteiger partial charge in [-0.1, -0.05) is 0 Å². The molecule has 1 N–H and O–H groups in total. The van der Waals surface area contributed by atoms with Crippen LogP contribution in [0.2, 0.25) is 0 Å². The molecule has 0 unspecified atom stereocenters. The Hall–Kier alpha value is -0.290. The smallest absolute Gasteiger partial charge is 0.360 e. The van der Waals surface area contributed by atoms with Crippen molar-refractivity contribution in [3.8, 4) is 0 Å². The van der Waals surface area contributed by atoms with Gasteiger partial charge in [0, 0.05) is 13.1 Å². The van der Waals surface area contributed by atoms with Gasteiger partial charge in [-0.25, -0.2) is 0 Å². The van der Waals surface area contributed by atoms with Crippen LogP contribution in [0.15, 0.2) is 0 Å². The number of rotatable bonds is 0. The monoisotopic (exact) mass is 183 g/mol. The van der Waals surface area contributed by atoms with Crippen LogP contribution in [0.1, 0.15) is 13.8 Å². The van der Waals surface area contributed by atoms with Crippen LogP contribution in [0.3, 0.4) is 0 Å². The van der Waals surface area contributed by atoms with Crippen LogP contribution in [0, 0.1) is 0 Å². The fourth-order valence-corrected chi connectivity index (χ4v) is 1.21. The highest BCUT2D eigenvalue weighted by molar-refractivity contribution is 4.90. The molecular weight excluding hydrogens is 171 g/mol. The van der Waals surface area contributed by atoms with Crippen LogP contribution < -0.4 is 5.32 Å². The quantitative estimate of drug-likeness (QED) is 0.611. The van der Waals surface area contributed by atoms with Gasteiger partial charge in [-0.15, -0.1) is 0 Å². The maximum absolute atomic E-state index is 12.3. The van der Waals surface area contributed by atoms with Gasteiger partial charge >= 0.3 is 6.18 Å². The van der Waals surface area contributed by atoms with Gasteiger partial charge in [0.05, 0.1) is 6.10 Å². The summed E-state index contributed by atoms with van der Waals surface area (Å²) in [4.78, 5) is 0. The number of ether oxygens (including phenoxy) is 1. The van der Waals surface area contributed by atoms with Gasteiger partial charge in [-0.2, -0.15) is 13.2 Å². The lowest BCUT2D eigenvalue weighted by Crippen LogP contribution is -2.59. The Morgan fingerprint density at radius 3 is 2.42 bits per heavy atom. The molecule has 0 aromatic carbocycles. The molecule has 1 fully saturated rings. The van der Waals surface area contributed by atoms with Gasteiger partial charge in [0.25, 0.3) is 0 Å². The minimum Gasteiger partial charge on any atom is -0.360 e. The molecule has 2 atom stereocenters. The molecule has 2 nitrogen and oxygen atoms in total. The summed E-state index contributed by atoms with van der Waals surface area (Å²) in [5, 5.41) is 2.69. The molecule has 1 heterocycles. The summed E-state index contributed by atoms with van der Waals surface area (Å²) in [6, 6.07) is 0. The molecule has 0 saturated carbocycles. The second-order valence-corrected chi connectivity index (χ2v) is 3.29. The molecule has 12 heavy (non-hydrogen) atoms. The molecule has 5 heteroatoms. The normalized spacial score (nSPS) is 38.2. The maximum Gasteiger partial charge on any atom is 0.418 e. The Bertz CT molecular complexity index is 171. The molecule has 1 rings (SSSR count). The lowest BCUT2D eigenvalue weighted by molar-refractivity contribution is -0.288. The van der Waals surface area contributed by atoms with Gasteiger partial charge in [0.1, 0.15) is 0 Å². The molecule has 0 amide bonds. The van der Waals surface area contributed by atoms with Crippen molar-refractivity contribution < 1.29 is 17.9 Å². The molecule has 0 bridgehead atoms. The van der Waals surface area contributed by atoms with Crippen molar-refractivity contribution in [3.05, 3.63) is 0 Å². The SMILES string of the molecule is C[C@H]1CNC[C@](C)(C(F)(F)F)O1. The van der Waals surface area contributed by atoms with E-state index in [-0.39, 0.29) is 12.6 Å². The first-order valence-corrected chi connectivity index (χ1v) is 3.80. The lowest BCUT2D eigenvalue weighted by atomic mass is 10.0. The number of morpholine rings is 1. The number of nitrogens with one attached hydrogen (secondary N) is 1. The van der Waals surface area contributed by atoms with Gasteiger partial charge in [-0.3, -0.25) is 0 Å². The van der Waals surface area contributed by atoms with Gasteiger partial charge in [0.2, 0.25) is 0 Å². The Kier molecular flexibility index (Phi) is 2.35. The van der Waals surface area contributed by atoms with Crippen molar-refractivity contribution in [1.29, 1.82) is 0 Å². The van der Waals surface area contributed by atoms with Crippen LogP contribution in [0.5, 0.6) is 0 Å². The topological polar surface area (TPSA) is 21.3 Å². The number of halogens is 3. The summed E-state index contributed by atoms with van der Waals surface area (Å²) >= 11 is 0. The molecule has 0 radical (unpaired) electrons. The molecule has 1 aliphatic heterocycles. The highest BCUT2D eigenvalue weighted by atomic mass is 19.4. The average molecular weight is 183 g/mol. The molecule has 1 saturated heterocycles. The predicted octanol–water partition coefficient (Wildman–Crippen LogP) is 1.32. The van der Waals surface area contributed by atoms with Crippen molar-refractivity contribution in [1.82, 2.24) is 5.32 Å². The van der Waals surface area contributed by atoms with Crippen molar-refractivity contribution in [2.45, 2.75) is 31.7 Å². The third-order valence-corrected chi connectivity index (χ3v) is 1.96. The third kappa shape index (κ3) is 1.72. The molecule has 0 aliphatic carbocycles. The Labute approximate surface area is 69.1 Å². The highest BCUT2D eigenvalue weighted by Crippen LogP contribution is 2.35. The largest absolute Gasteiger partial charge is 0.418 e. The Morgan fingerprint density at radius 2 is 2.08 bits per heavy atom. The Balaban J connectivity index is 2.70. The van der Waals surface area contributed by atoms with E-state index >= 15 is 0 Å². The van der Waals surface area contributed by atoms with Crippen molar-refractivity contribution in [2.24, 2.45) is 0 Å². The lowest BCUT2D eigenvalue weighted by Gasteiger charge is -2.39. The van der Waals surface area contributed by atoms with Crippen LogP contribution in [0.4, 0.5) is 13.2 Å². The minimum absolute atomic E-state index is 0.166. The minimum atomic E-state index is -4.30. The van der Waals surface area contributed by atoms with E-state index in [0.29, 0.717) is 6.54 Å². The predicted molar refractivity (Wildman–Crippen MR) is 37.9 cm³/mol. The summed E-state index contributed by atoms with van der Waals surface area (Å²) in [5.41, 5.74) is -2.02. The summed E-state index contributed by atoms with van der Waals surface area (Å²) in [5.74, 6) is 0. The van der Waals surface area contributed by atoms with E-state index in [1.165, 1.54) is 0 Å². The molecule has 0 spiro atoms. The zero-order valence-electron chi connectivity index (χ0n) is 7.03. The van der Waals surface area contributed by atoms with Crippen LogP contribution in [0.25, 0.3) is 0 Å². The van der Waals surface area contributed by atoms with E-state index in [1.807, 2.05) is 0 Å². The van der Waals surface area contributed by atoms with Gasteiger partial charge in [0.15, 0.2) is 5.60 Å². The summed E-state index contributed by atoms with van der Waals surface area (Å²) < 4.78 is 41.9. The third-order valence-electron chi connectivity index (χ3n) is 1.96. The van der Waals surface area contributed by atoms with Crippen LogP contribution in [-0.2, 0) is 4.74 Å². The molecule has 0 aromatic heterocycles. The first-order valence-electron chi connectivity index (χ1n) is 3.80. The number of hydrogen-bond donors (Lipinski definition) is 1. The van der Waals surface area contributed by atoms with E-state index < -0.39 is 11.8 Å². The second kappa shape index (κ2) is 2.88. The van der Waals surface area contributed by atoms with Crippen molar-refractivity contribution in [2.75, 3.05) is 13.1 Å². The van der Waals surface area contributed by atoms with E-state index in [1.54, 1.807) is 6.92 Å². The Morgan fingerprint density at radius 1 is 1.50 bits per heavy atom. The molecule has 72 valence electrons. The van der Waals surface area contributed by atoms with Crippen molar-refractivity contribution in [3.63, 3.8) is 0 Å². The summed E-state index contributed by atoms with van der Waals surface area (Å²) in [6.07, 6.45) is -4.68. The number of alkyl halides is 3. The van der Waals surface area contributed by atoms with Crippen molar-refractivity contribution >= 4 is 0 Å². The van der Waals surface area contributed by atoms with E-state index in [2.05, 4.69) is 5.32 Å². The maximum atomic E-state index is 12.3. The second-order valence-electron chi connectivity index (χ2n) is 3.29. The fourth-order valence-electron chi connectivity index (χ4n) is 1.21. The van der Waals surface area contributed by atoms with Crippen LogP contribution in [-0.4, -0.2) is 31.0 Å². The van der Waals surface area contributed by atoms with E-state index in [4.69, 9.17) is 4.74 Å². The van der Waals surface area contributed by atoms with E-state index in [0.717, 1.165) is 6.92 Å². The summed E-state index contributed by atoms with van der Waals surface area (Å²) in [7, 11) is 0.